The Hall–Kier alpha value is -0.750. The number of hydrogen-bond acceptors (Lipinski definition) is 2. The number of halogens is 4. The first kappa shape index (κ1) is 5.93. The van der Waals surface area contributed by atoms with Crippen LogP contribution in [-0.2, 0) is 6.18 Å². The average Bonchev–Trinajstić information content (AvgIpc) is 2.36. The molecule has 1 fully saturated rings. The summed E-state index contributed by atoms with van der Waals surface area (Å²) in [5, 5.41) is 1.57. The molecule has 0 aromatic heterocycles. The zero-order valence-corrected chi connectivity index (χ0v) is 9.78. The minimum atomic E-state index is -5.00. The lowest BCUT2D eigenvalue weighted by atomic mass is 10.1. The van der Waals surface area contributed by atoms with Gasteiger partial charge in [-0.25, -0.2) is 0 Å². The number of nitrogens with one attached hydrogen (secondary N) is 1. The van der Waals surface area contributed by atoms with E-state index in [4.69, 9.17) is 11.0 Å². The second kappa shape index (κ2) is 4.86. The fourth-order valence-electron chi connectivity index (χ4n) is 1.28. The molecule has 1 aliphatic rings. The maximum absolute atomic E-state index is 13.4. The van der Waals surface area contributed by atoms with Gasteiger partial charge >= 0.3 is 6.18 Å². The molecular weight excluding hydrogens is 297 g/mol. The van der Waals surface area contributed by atoms with Gasteiger partial charge in [0.15, 0.2) is 0 Å². The Kier molecular flexibility index (Phi) is 1.69. The zero-order valence-electron chi connectivity index (χ0n) is 16.2. The summed E-state index contributed by atoms with van der Waals surface area (Å²) in [6.07, 6.45) is -5.00. The number of rotatable bonds is 1. The molecule has 1 aliphatic heterocycles. The lowest BCUT2D eigenvalue weighted by Gasteiger charge is -2.31. The van der Waals surface area contributed by atoms with Gasteiger partial charge in [-0.1, -0.05) is 15.9 Å². The summed E-state index contributed by atoms with van der Waals surface area (Å²) in [6.45, 7) is -13.0. The molecule has 0 spiro atoms. The van der Waals surface area contributed by atoms with Gasteiger partial charge in [-0.15, -0.1) is 0 Å². The standard InChI is InChI=1S/C11H12BrF3N2/c12-8-1-2-10(9(7-8)11(13,14)15)17-5-3-16-4-6-17/h1-2,7,16H,3-6H2/i3D2,4D2,5D2,6D2. The molecule has 1 aromatic carbocycles. The highest BCUT2D eigenvalue weighted by Crippen LogP contribution is 2.38. The number of piperazine rings is 1. The van der Waals surface area contributed by atoms with Crippen LogP contribution in [0.4, 0.5) is 18.9 Å². The van der Waals surface area contributed by atoms with Crippen LogP contribution in [0.1, 0.15) is 16.5 Å². The van der Waals surface area contributed by atoms with Gasteiger partial charge in [-0.3, -0.25) is 0 Å². The second-order valence-electron chi connectivity index (χ2n) is 3.09. The van der Waals surface area contributed by atoms with Crippen LogP contribution in [-0.4, -0.2) is 26.0 Å². The molecule has 1 aromatic rings. The summed E-state index contributed by atoms with van der Waals surface area (Å²) in [6, 6.07) is 2.46. The molecule has 1 N–H and O–H groups in total. The van der Waals surface area contributed by atoms with Gasteiger partial charge in [-0.05, 0) is 18.2 Å². The maximum Gasteiger partial charge on any atom is 0.418 e. The highest BCUT2D eigenvalue weighted by Gasteiger charge is 2.35. The van der Waals surface area contributed by atoms with Crippen LogP contribution in [0, 0.1) is 0 Å². The van der Waals surface area contributed by atoms with Crippen LogP contribution in [0.15, 0.2) is 22.7 Å². The predicted octanol–water partition coefficient (Wildman–Crippen LogP) is 2.88. The number of nitrogens with zero attached hydrogens (tertiary/aromatic N) is 1. The Balaban J connectivity index is 2.83. The summed E-state index contributed by atoms with van der Waals surface area (Å²) < 4.78 is 102. The number of hydrogen-bond donors (Lipinski definition) is 1. The fourth-order valence-corrected chi connectivity index (χ4v) is 1.64. The zero-order chi connectivity index (χ0) is 19.6. The first-order valence-corrected chi connectivity index (χ1v) is 5.21. The molecule has 0 aliphatic carbocycles. The van der Waals surface area contributed by atoms with Crippen molar-refractivity contribution >= 4 is 21.6 Å². The van der Waals surface area contributed by atoms with Crippen molar-refractivity contribution < 1.29 is 24.1 Å². The number of anilines is 1. The van der Waals surface area contributed by atoms with Crippen LogP contribution in [0.3, 0.4) is 0 Å². The quantitative estimate of drug-likeness (QED) is 0.857. The van der Waals surface area contributed by atoms with Crippen molar-refractivity contribution in [2.45, 2.75) is 6.18 Å². The van der Waals surface area contributed by atoms with E-state index in [1.54, 1.807) is 5.32 Å². The fraction of sp³-hybridized carbons (Fsp3) is 0.455. The predicted molar refractivity (Wildman–Crippen MR) is 64.2 cm³/mol. The molecular formula is C11H12BrF3N2. The van der Waals surface area contributed by atoms with Crippen molar-refractivity contribution in [1.82, 2.24) is 5.32 Å². The highest BCUT2D eigenvalue weighted by molar-refractivity contribution is 9.10. The summed E-state index contributed by atoms with van der Waals surface area (Å²) in [5.41, 5.74) is -2.44. The molecule has 1 saturated heterocycles. The van der Waals surface area contributed by atoms with Crippen molar-refractivity contribution in [3.05, 3.63) is 28.2 Å². The molecule has 0 bridgehead atoms. The van der Waals surface area contributed by atoms with E-state index in [1.807, 2.05) is 0 Å². The SMILES string of the molecule is [2H]C1([2H])NC([2H])([2H])C([2H])([2H])N(c2ccc(Br)cc2C(F)(F)F)C1([2H])[2H]. The minimum Gasteiger partial charge on any atom is -0.368 e. The molecule has 0 amide bonds. The van der Waals surface area contributed by atoms with Gasteiger partial charge in [0, 0.05) is 41.6 Å². The molecule has 6 heteroatoms. The monoisotopic (exact) mass is 316 g/mol. The summed E-state index contributed by atoms with van der Waals surface area (Å²) in [5.74, 6) is 0. The van der Waals surface area contributed by atoms with E-state index in [2.05, 4.69) is 15.9 Å². The van der Waals surface area contributed by atoms with Crippen LogP contribution < -0.4 is 10.2 Å². The normalized spacial score (nSPS) is 36.1. The van der Waals surface area contributed by atoms with Gasteiger partial charge in [-0.2, -0.15) is 13.2 Å². The summed E-state index contributed by atoms with van der Waals surface area (Å²) >= 11 is 2.85. The van der Waals surface area contributed by atoms with Crippen molar-refractivity contribution in [3.8, 4) is 0 Å². The van der Waals surface area contributed by atoms with Crippen LogP contribution >= 0.6 is 15.9 Å². The van der Waals surface area contributed by atoms with E-state index < -0.39 is 43.4 Å². The van der Waals surface area contributed by atoms with E-state index in [0.29, 0.717) is 6.07 Å². The van der Waals surface area contributed by atoms with E-state index in [0.717, 1.165) is 12.1 Å². The Morgan fingerprint density at radius 2 is 1.94 bits per heavy atom. The Morgan fingerprint density at radius 3 is 2.53 bits per heavy atom. The number of alkyl halides is 3. The second-order valence-corrected chi connectivity index (χ2v) is 4.01. The van der Waals surface area contributed by atoms with E-state index >= 15 is 0 Å². The third-order valence-corrected chi connectivity index (χ3v) is 2.46. The maximum atomic E-state index is 13.4. The van der Waals surface area contributed by atoms with Crippen LogP contribution in [0.2, 0.25) is 0 Å². The Morgan fingerprint density at radius 1 is 1.29 bits per heavy atom. The molecule has 94 valence electrons. The lowest BCUT2D eigenvalue weighted by Crippen LogP contribution is -2.44. The van der Waals surface area contributed by atoms with Gasteiger partial charge in [0.05, 0.1) is 11.0 Å². The molecule has 0 atom stereocenters. The molecule has 2 rings (SSSR count). The average molecular weight is 317 g/mol. The third kappa shape index (κ3) is 2.93. The molecule has 0 radical (unpaired) electrons. The third-order valence-electron chi connectivity index (χ3n) is 1.97. The van der Waals surface area contributed by atoms with E-state index in [-0.39, 0.29) is 9.37 Å². The molecule has 0 unspecified atom stereocenters. The number of benzene rings is 1. The van der Waals surface area contributed by atoms with Crippen molar-refractivity contribution in [1.29, 1.82) is 0 Å². The molecule has 2 nitrogen and oxygen atoms in total. The first-order chi connectivity index (χ1) is 11.0. The minimum absolute atomic E-state index is 0.00847. The van der Waals surface area contributed by atoms with Crippen molar-refractivity contribution in [3.63, 3.8) is 0 Å². The topological polar surface area (TPSA) is 15.3 Å². The van der Waals surface area contributed by atoms with Gasteiger partial charge < -0.3 is 10.2 Å². The molecule has 0 saturated carbocycles. The molecule has 17 heavy (non-hydrogen) atoms. The van der Waals surface area contributed by atoms with Crippen molar-refractivity contribution in [2.24, 2.45) is 0 Å². The summed E-state index contributed by atoms with van der Waals surface area (Å²) in [7, 11) is 0. The summed E-state index contributed by atoms with van der Waals surface area (Å²) in [4.78, 5) is -0.133. The lowest BCUT2D eigenvalue weighted by molar-refractivity contribution is -0.137. The first-order valence-electron chi connectivity index (χ1n) is 8.41. The van der Waals surface area contributed by atoms with Crippen LogP contribution in [0.5, 0.6) is 0 Å². The highest BCUT2D eigenvalue weighted by atomic mass is 79.9. The van der Waals surface area contributed by atoms with E-state index in [9.17, 15) is 13.2 Å². The van der Waals surface area contributed by atoms with Gasteiger partial charge in [0.1, 0.15) is 0 Å². The van der Waals surface area contributed by atoms with Crippen LogP contribution in [0.25, 0.3) is 0 Å². The van der Waals surface area contributed by atoms with Crippen molar-refractivity contribution in [2.75, 3.05) is 30.9 Å². The Bertz CT molecular complexity index is 668. The van der Waals surface area contributed by atoms with Gasteiger partial charge in [0.2, 0.25) is 0 Å². The smallest absolute Gasteiger partial charge is 0.368 e. The van der Waals surface area contributed by atoms with E-state index in [1.165, 1.54) is 0 Å². The van der Waals surface area contributed by atoms with Gasteiger partial charge in [0.25, 0.3) is 0 Å². The molecule has 1 heterocycles. The Labute approximate surface area is 117 Å². The largest absolute Gasteiger partial charge is 0.418 e.